The standard InChI is InChI=1S/C13H14F2N2O4/c14-10(15)8-21-7-6-17-13(20)12-9(2-1-5-16-12)3-4-11(18)19/h1-5,10H,6-8H2,(H,17,20)(H,18,19)/b4-3+. The fraction of sp³-hybridized carbons (Fsp3) is 0.308. The minimum Gasteiger partial charge on any atom is -0.478 e. The maximum absolute atomic E-state index is 11.8. The second kappa shape index (κ2) is 8.75. The highest BCUT2D eigenvalue weighted by atomic mass is 19.3. The summed E-state index contributed by atoms with van der Waals surface area (Å²) in [6.07, 6.45) is 0.974. The van der Waals surface area contributed by atoms with Gasteiger partial charge in [0.15, 0.2) is 0 Å². The minimum absolute atomic E-state index is 0.0452. The predicted molar refractivity (Wildman–Crippen MR) is 70.1 cm³/mol. The molecule has 0 aliphatic rings. The molecule has 8 heteroatoms. The third-order valence-electron chi connectivity index (χ3n) is 2.24. The number of nitrogens with zero attached hydrogens (tertiary/aromatic N) is 1. The number of nitrogens with one attached hydrogen (secondary N) is 1. The number of halogens is 2. The lowest BCUT2D eigenvalue weighted by molar-refractivity contribution is -0.131. The Hall–Kier alpha value is -2.35. The predicted octanol–water partition coefficient (Wildman–Crippen LogP) is 1.19. The van der Waals surface area contributed by atoms with Gasteiger partial charge in [0.2, 0.25) is 0 Å². The van der Waals surface area contributed by atoms with E-state index in [9.17, 15) is 18.4 Å². The van der Waals surface area contributed by atoms with Crippen LogP contribution in [0.1, 0.15) is 16.1 Å². The summed E-state index contributed by atoms with van der Waals surface area (Å²) in [7, 11) is 0. The maximum Gasteiger partial charge on any atom is 0.328 e. The smallest absolute Gasteiger partial charge is 0.328 e. The quantitative estimate of drug-likeness (QED) is 0.556. The summed E-state index contributed by atoms with van der Waals surface area (Å²) >= 11 is 0. The van der Waals surface area contributed by atoms with Gasteiger partial charge in [-0.15, -0.1) is 0 Å². The fourth-order valence-electron chi connectivity index (χ4n) is 1.40. The largest absolute Gasteiger partial charge is 0.478 e. The number of carboxylic acid groups (broad SMARTS) is 1. The number of alkyl halides is 2. The summed E-state index contributed by atoms with van der Waals surface area (Å²) in [6.45, 7) is -0.695. The fourth-order valence-corrected chi connectivity index (χ4v) is 1.40. The highest BCUT2D eigenvalue weighted by molar-refractivity contribution is 5.97. The summed E-state index contributed by atoms with van der Waals surface area (Å²) in [6, 6.07) is 3.10. The molecule has 0 bridgehead atoms. The van der Waals surface area contributed by atoms with Crippen molar-refractivity contribution in [3.05, 3.63) is 35.7 Å². The Labute approximate surface area is 119 Å². The molecule has 0 spiro atoms. The Morgan fingerprint density at radius 3 is 2.90 bits per heavy atom. The number of hydrogen-bond donors (Lipinski definition) is 2. The van der Waals surface area contributed by atoms with Gasteiger partial charge in [0.25, 0.3) is 12.3 Å². The minimum atomic E-state index is -2.55. The first kappa shape index (κ1) is 16.7. The number of carboxylic acids is 1. The molecule has 1 heterocycles. The molecule has 0 aliphatic heterocycles. The van der Waals surface area contributed by atoms with Crippen molar-refractivity contribution in [2.45, 2.75) is 6.43 Å². The van der Waals surface area contributed by atoms with Gasteiger partial charge in [-0.25, -0.2) is 13.6 Å². The number of hydrogen-bond acceptors (Lipinski definition) is 4. The van der Waals surface area contributed by atoms with E-state index < -0.39 is 24.9 Å². The molecule has 0 aromatic carbocycles. The van der Waals surface area contributed by atoms with Gasteiger partial charge in [-0.2, -0.15) is 0 Å². The average Bonchev–Trinajstić information content (AvgIpc) is 2.44. The van der Waals surface area contributed by atoms with E-state index in [2.05, 4.69) is 15.0 Å². The number of carbonyl (C=O) groups is 2. The van der Waals surface area contributed by atoms with E-state index in [1.165, 1.54) is 18.3 Å². The Morgan fingerprint density at radius 1 is 1.48 bits per heavy atom. The molecule has 0 aliphatic carbocycles. The lowest BCUT2D eigenvalue weighted by Crippen LogP contribution is -2.29. The molecule has 1 amide bonds. The first-order valence-corrected chi connectivity index (χ1v) is 6.01. The van der Waals surface area contributed by atoms with Crippen LogP contribution in [0.15, 0.2) is 24.4 Å². The van der Waals surface area contributed by atoms with Crippen LogP contribution >= 0.6 is 0 Å². The molecule has 0 fully saturated rings. The third kappa shape index (κ3) is 6.57. The van der Waals surface area contributed by atoms with Crippen molar-refractivity contribution in [3.8, 4) is 0 Å². The Morgan fingerprint density at radius 2 is 2.24 bits per heavy atom. The van der Waals surface area contributed by atoms with E-state index in [1.807, 2.05) is 0 Å². The Bertz CT molecular complexity index is 521. The number of carbonyl (C=O) groups excluding carboxylic acids is 1. The zero-order chi connectivity index (χ0) is 15.7. The van der Waals surface area contributed by atoms with Gasteiger partial charge in [-0.1, -0.05) is 6.07 Å². The molecule has 6 nitrogen and oxygen atoms in total. The molecule has 0 saturated heterocycles. The van der Waals surface area contributed by atoms with Crippen LogP contribution in [-0.4, -0.2) is 48.2 Å². The van der Waals surface area contributed by atoms with Gasteiger partial charge in [0, 0.05) is 24.4 Å². The van der Waals surface area contributed by atoms with Crippen LogP contribution in [0.3, 0.4) is 0 Å². The molecule has 0 unspecified atom stereocenters. The van der Waals surface area contributed by atoms with Gasteiger partial charge in [-0.3, -0.25) is 9.78 Å². The SMILES string of the molecule is O=C(O)/C=C/c1cccnc1C(=O)NCCOCC(F)F. The number of ether oxygens (including phenoxy) is 1. The molecule has 0 atom stereocenters. The number of amides is 1. The van der Waals surface area contributed by atoms with E-state index >= 15 is 0 Å². The van der Waals surface area contributed by atoms with Crippen molar-refractivity contribution in [2.75, 3.05) is 19.8 Å². The van der Waals surface area contributed by atoms with Crippen LogP contribution in [0.4, 0.5) is 8.78 Å². The van der Waals surface area contributed by atoms with Crippen LogP contribution in [0.2, 0.25) is 0 Å². The average molecular weight is 300 g/mol. The zero-order valence-corrected chi connectivity index (χ0v) is 11.0. The number of aliphatic carboxylic acids is 1. The van der Waals surface area contributed by atoms with Crippen molar-refractivity contribution in [1.82, 2.24) is 10.3 Å². The van der Waals surface area contributed by atoms with Crippen molar-refractivity contribution in [3.63, 3.8) is 0 Å². The number of rotatable bonds is 8. The maximum atomic E-state index is 11.8. The molecule has 0 saturated carbocycles. The van der Waals surface area contributed by atoms with Crippen molar-refractivity contribution >= 4 is 18.0 Å². The normalized spacial score (nSPS) is 11.0. The molecular weight excluding hydrogens is 286 g/mol. The Kier molecular flexibility index (Phi) is 6.96. The molecule has 1 aromatic heterocycles. The van der Waals surface area contributed by atoms with Gasteiger partial charge in [0.1, 0.15) is 12.3 Å². The molecule has 1 aromatic rings. The highest BCUT2D eigenvalue weighted by Gasteiger charge is 2.10. The number of pyridine rings is 1. The topological polar surface area (TPSA) is 88.5 Å². The van der Waals surface area contributed by atoms with Crippen molar-refractivity contribution < 1.29 is 28.2 Å². The molecule has 2 N–H and O–H groups in total. The van der Waals surface area contributed by atoms with E-state index in [4.69, 9.17) is 5.11 Å². The Balaban J connectivity index is 2.56. The van der Waals surface area contributed by atoms with E-state index in [0.29, 0.717) is 5.56 Å². The lowest BCUT2D eigenvalue weighted by Gasteiger charge is -2.07. The molecular formula is C13H14F2N2O4. The number of aromatic nitrogens is 1. The van der Waals surface area contributed by atoms with Crippen molar-refractivity contribution in [2.24, 2.45) is 0 Å². The summed E-state index contributed by atoms with van der Waals surface area (Å²) in [5.74, 6) is -1.69. The van der Waals surface area contributed by atoms with Crippen molar-refractivity contribution in [1.29, 1.82) is 0 Å². The first-order valence-electron chi connectivity index (χ1n) is 6.01. The van der Waals surface area contributed by atoms with Crippen LogP contribution in [0, 0.1) is 0 Å². The van der Waals surface area contributed by atoms with Crippen LogP contribution in [-0.2, 0) is 9.53 Å². The van der Waals surface area contributed by atoms with Gasteiger partial charge in [-0.05, 0) is 12.1 Å². The monoisotopic (exact) mass is 300 g/mol. The van der Waals surface area contributed by atoms with Crippen LogP contribution < -0.4 is 5.32 Å². The molecule has 1 rings (SSSR count). The van der Waals surface area contributed by atoms with E-state index in [0.717, 1.165) is 6.08 Å². The second-order valence-electron chi connectivity index (χ2n) is 3.83. The highest BCUT2D eigenvalue weighted by Crippen LogP contribution is 2.07. The second-order valence-corrected chi connectivity index (χ2v) is 3.83. The summed E-state index contributed by atoms with van der Waals surface area (Å²) in [5, 5.41) is 11.0. The zero-order valence-electron chi connectivity index (χ0n) is 11.0. The van der Waals surface area contributed by atoms with Gasteiger partial charge >= 0.3 is 5.97 Å². The first-order chi connectivity index (χ1) is 10.0. The van der Waals surface area contributed by atoms with Gasteiger partial charge in [0.05, 0.1) is 6.61 Å². The molecule has 114 valence electrons. The van der Waals surface area contributed by atoms with E-state index in [-0.39, 0.29) is 18.8 Å². The van der Waals surface area contributed by atoms with Crippen LogP contribution in [0.25, 0.3) is 6.08 Å². The molecule has 21 heavy (non-hydrogen) atoms. The summed E-state index contributed by atoms with van der Waals surface area (Å²) in [4.78, 5) is 26.2. The van der Waals surface area contributed by atoms with E-state index in [1.54, 1.807) is 6.07 Å². The van der Waals surface area contributed by atoms with Gasteiger partial charge < -0.3 is 15.2 Å². The third-order valence-corrected chi connectivity index (χ3v) is 2.24. The summed E-state index contributed by atoms with van der Waals surface area (Å²) < 4.78 is 28.2. The van der Waals surface area contributed by atoms with Crippen LogP contribution in [0.5, 0.6) is 0 Å². The molecule has 0 radical (unpaired) electrons. The lowest BCUT2D eigenvalue weighted by atomic mass is 10.1. The summed E-state index contributed by atoms with van der Waals surface area (Å²) in [5.41, 5.74) is 0.384.